The number of nitrogens with zero attached hydrogens (tertiary/aromatic N) is 4. The van der Waals surface area contributed by atoms with E-state index in [0.717, 1.165) is 36.8 Å². The van der Waals surface area contributed by atoms with Crippen LogP contribution < -0.4 is 10.2 Å². The van der Waals surface area contributed by atoms with E-state index in [1.807, 2.05) is 35.7 Å². The number of aliphatic hydroxyl groups is 1. The van der Waals surface area contributed by atoms with E-state index in [0.29, 0.717) is 0 Å². The molecule has 0 atom stereocenters. The average Bonchev–Trinajstić information content (AvgIpc) is 2.83. The Bertz CT molecular complexity index is 510. The molecule has 0 spiro atoms. The van der Waals surface area contributed by atoms with Crippen LogP contribution in [-0.4, -0.2) is 46.2 Å². The summed E-state index contributed by atoms with van der Waals surface area (Å²) < 4.78 is 1.95. The molecule has 2 aromatic rings. The molecule has 2 rings (SSSR count). The van der Waals surface area contributed by atoms with Crippen molar-refractivity contribution in [1.29, 1.82) is 0 Å². The molecule has 0 saturated heterocycles. The zero-order valence-corrected chi connectivity index (χ0v) is 10.8. The molecule has 0 fully saturated rings. The van der Waals surface area contributed by atoms with Crippen LogP contribution >= 0.6 is 0 Å². The number of anilines is 2. The summed E-state index contributed by atoms with van der Waals surface area (Å²) in [6.07, 6.45) is 6.31. The van der Waals surface area contributed by atoms with Crippen molar-refractivity contribution in [2.24, 2.45) is 0 Å². The zero-order chi connectivity index (χ0) is 13.0. The van der Waals surface area contributed by atoms with Crippen LogP contribution in [0.5, 0.6) is 0 Å². The van der Waals surface area contributed by atoms with Crippen molar-refractivity contribution in [2.45, 2.75) is 13.3 Å². The van der Waals surface area contributed by atoms with Gasteiger partial charge in [0.2, 0.25) is 0 Å². The molecule has 2 N–H and O–H groups in total. The fourth-order valence-corrected chi connectivity index (χ4v) is 1.85. The van der Waals surface area contributed by atoms with Crippen molar-refractivity contribution in [2.75, 3.05) is 37.0 Å². The van der Waals surface area contributed by atoms with Gasteiger partial charge in [0.1, 0.15) is 5.82 Å². The molecule has 0 bridgehead atoms. The Balaban J connectivity index is 2.36. The Hall–Kier alpha value is -1.82. The van der Waals surface area contributed by atoms with Gasteiger partial charge in [0.15, 0.2) is 11.5 Å². The highest BCUT2D eigenvalue weighted by Gasteiger charge is 2.11. The number of imidazole rings is 1. The van der Waals surface area contributed by atoms with Crippen LogP contribution in [0.4, 0.5) is 11.6 Å². The molecule has 0 aromatic carbocycles. The van der Waals surface area contributed by atoms with Crippen molar-refractivity contribution < 1.29 is 5.11 Å². The molecule has 2 aromatic heterocycles. The molecule has 0 radical (unpaired) electrons. The first-order chi connectivity index (χ1) is 8.76. The lowest BCUT2D eigenvalue weighted by Crippen LogP contribution is -2.22. The number of hydrogen-bond donors (Lipinski definition) is 2. The summed E-state index contributed by atoms with van der Waals surface area (Å²) in [5, 5.41) is 12.1. The zero-order valence-electron chi connectivity index (χ0n) is 10.8. The monoisotopic (exact) mass is 249 g/mol. The van der Waals surface area contributed by atoms with Crippen LogP contribution in [0.25, 0.3) is 5.65 Å². The van der Waals surface area contributed by atoms with Gasteiger partial charge in [-0.1, -0.05) is 0 Å². The quantitative estimate of drug-likeness (QED) is 0.799. The van der Waals surface area contributed by atoms with Crippen LogP contribution in [0.1, 0.15) is 13.3 Å². The largest absolute Gasteiger partial charge is 0.396 e. The van der Waals surface area contributed by atoms with Crippen LogP contribution in [-0.2, 0) is 0 Å². The van der Waals surface area contributed by atoms with Crippen molar-refractivity contribution >= 4 is 17.3 Å². The molecule has 0 aliphatic carbocycles. The minimum atomic E-state index is 0.183. The first kappa shape index (κ1) is 12.6. The van der Waals surface area contributed by atoms with Crippen LogP contribution in [0.3, 0.4) is 0 Å². The van der Waals surface area contributed by atoms with Gasteiger partial charge in [-0.25, -0.2) is 9.97 Å². The van der Waals surface area contributed by atoms with E-state index in [4.69, 9.17) is 5.11 Å². The minimum absolute atomic E-state index is 0.183. The molecule has 2 heterocycles. The minimum Gasteiger partial charge on any atom is -0.396 e. The molecule has 18 heavy (non-hydrogen) atoms. The lowest BCUT2D eigenvalue weighted by Gasteiger charge is -2.19. The van der Waals surface area contributed by atoms with Crippen LogP contribution in [0.15, 0.2) is 18.6 Å². The summed E-state index contributed by atoms with van der Waals surface area (Å²) in [7, 11) is 1.96. The summed E-state index contributed by atoms with van der Waals surface area (Å²) in [6.45, 7) is 3.80. The van der Waals surface area contributed by atoms with Gasteiger partial charge in [-0.15, -0.1) is 0 Å². The highest BCUT2D eigenvalue weighted by atomic mass is 16.3. The van der Waals surface area contributed by atoms with Gasteiger partial charge in [0.05, 0.1) is 6.20 Å². The lowest BCUT2D eigenvalue weighted by molar-refractivity contribution is 0.290. The topological polar surface area (TPSA) is 65.7 Å². The number of nitrogens with one attached hydrogen (secondary N) is 1. The second-order valence-electron chi connectivity index (χ2n) is 4.14. The molecule has 6 nitrogen and oxygen atoms in total. The number of rotatable bonds is 6. The standard InChI is InChI=1S/C12H19N5O/c1-3-13-10-9-17-7-5-14-11(17)12(15-10)16(2)6-4-8-18/h5,7,9,13,18H,3-4,6,8H2,1-2H3. The molecular weight excluding hydrogens is 230 g/mol. The van der Waals surface area contributed by atoms with Crippen molar-refractivity contribution in [3.8, 4) is 0 Å². The van der Waals surface area contributed by atoms with Gasteiger partial charge in [0.25, 0.3) is 0 Å². The van der Waals surface area contributed by atoms with Crippen LogP contribution in [0.2, 0.25) is 0 Å². The predicted octanol–water partition coefficient (Wildman–Crippen LogP) is 0.980. The average molecular weight is 249 g/mol. The second kappa shape index (κ2) is 5.68. The maximum Gasteiger partial charge on any atom is 0.180 e. The highest BCUT2D eigenvalue weighted by Crippen LogP contribution is 2.19. The lowest BCUT2D eigenvalue weighted by atomic mass is 10.4. The fourth-order valence-electron chi connectivity index (χ4n) is 1.85. The maximum atomic E-state index is 8.89. The Labute approximate surface area is 106 Å². The van der Waals surface area contributed by atoms with Gasteiger partial charge in [-0.2, -0.15) is 0 Å². The van der Waals surface area contributed by atoms with Gasteiger partial charge in [-0.05, 0) is 13.3 Å². The number of aromatic nitrogens is 3. The molecule has 98 valence electrons. The first-order valence-corrected chi connectivity index (χ1v) is 6.15. The third-order valence-corrected chi connectivity index (χ3v) is 2.73. The van der Waals surface area contributed by atoms with Gasteiger partial charge < -0.3 is 19.7 Å². The summed E-state index contributed by atoms with van der Waals surface area (Å²) in [5.41, 5.74) is 0.831. The fraction of sp³-hybridized carbons (Fsp3) is 0.500. The molecule has 0 aliphatic heterocycles. The van der Waals surface area contributed by atoms with E-state index < -0.39 is 0 Å². The normalized spacial score (nSPS) is 10.8. The number of aliphatic hydroxyl groups excluding tert-OH is 1. The maximum absolute atomic E-state index is 8.89. The summed E-state index contributed by atoms with van der Waals surface area (Å²) in [4.78, 5) is 10.9. The van der Waals surface area contributed by atoms with Gasteiger partial charge >= 0.3 is 0 Å². The number of fused-ring (bicyclic) bond motifs is 1. The van der Waals surface area contributed by atoms with Gasteiger partial charge in [0, 0.05) is 39.1 Å². The van der Waals surface area contributed by atoms with E-state index in [-0.39, 0.29) is 6.61 Å². The first-order valence-electron chi connectivity index (χ1n) is 6.15. The van der Waals surface area contributed by atoms with E-state index >= 15 is 0 Å². The summed E-state index contributed by atoms with van der Waals surface area (Å²) >= 11 is 0. The summed E-state index contributed by atoms with van der Waals surface area (Å²) in [5.74, 6) is 1.65. The Morgan fingerprint density at radius 1 is 1.50 bits per heavy atom. The van der Waals surface area contributed by atoms with E-state index in [1.54, 1.807) is 6.20 Å². The molecule has 0 saturated carbocycles. The third kappa shape index (κ3) is 2.53. The van der Waals surface area contributed by atoms with Gasteiger partial charge in [-0.3, -0.25) is 0 Å². The Morgan fingerprint density at radius 3 is 3.06 bits per heavy atom. The Kier molecular flexibility index (Phi) is 3.99. The SMILES string of the molecule is CCNc1cn2ccnc2c(N(C)CCCO)n1. The molecule has 0 aliphatic rings. The predicted molar refractivity (Wildman–Crippen MR) is 72.1 cm³/mol. The van der Waals surface area contributed by atoms with Crippen LogP contribution in [0, 0.1) is 0 Å². The van der Waals surface area contributed by atoms with Crippen molar-refractivity contribution in [3.63, 3.8) is 0 Å². The molecule has 6 heteroatoms. The second-order valence-corrected chi connectivity index (χ2v) is 4.14. The van der Waals surface area contributed by atoms with E-state index in [1.165, 1.54) is 0 Å². The smallest absolute Gasteiger partial charge is 0.180 e. The van der Waals surface area contributed by atoms with Crippen molar-refractivity contribution in [1.82, 2.24) is 14.4 Å². The van der Waals surface area contributed by atoms with E-state index in [2.05, 4.69) is 15.3 Å². The van der Waals surface area contributed by atoms with E-state index in [9.17, 15) is 0 Å². The van der Waals surface area contributed by atoms with Crippen molar-refractivity contribution in [3.05, 3.63) is 18.6 Å². The highest BCUT2D eigenvalue weighted by molar-refractivity contribution is 5.66. The summed E-state index contributed by atoms with van der Waals surface area (Å²) in [6, 6.07) is 0. The molecule has 0 unspecified atom stereocenters. The molecular formula is C12H19N5O. The number of hydrogen-bond acceptors (Lipinski definition) is 5. The third-order valence-electron chi connectivity index (χ3n) is 2.73. The Morgan fingerprint density at radius 2 is 2.33 bits per heavy atom. The molecule has 0 amide bonds.